The van der Waals surface area contributed by atoms with Crippen molar-refractivity contribution < 1.29 is 34.2 Å². The number of sulfonamides is 1. The van der Waals surface area contributed by atoms with Gasteiger partial charge < -0.3 is 4.18 Å². The highest BCUT2D eigenvalue weighted by molar-refractivity contribution is 7.89. The molecule has 0 atom stereocenters. The van der Waals surface area contributed by atoms with Crippen LogP contribution in [0, 0.1) is 0 Å². The third-order valence-electron chi connectivity index (χ3n) is 3.80. The third-order valence-corrected chi connectivity index (χ3v) is 5.20. The topological polar surface area (TPSA) is 121 Å². The molecule has 0 aliphatic heterocycles. The molecule has 0 amide bonds. The first-order valence-electron chi connectivity index (χ1n) is 8.06. The first-order chi connectivity index (χ1) is 13.8. The van der Waals surface area contributed by atoms with Gasteiger partial charge in [0.15, 0.2) is 0 Å². The molecule has 1 heterocycles. The fraction of sp³-hybridized carbons (Fsp3) is 0.118. The zero-order valence-electron chi connectivity index (χ0n) is 15.2. The lowest BCUT2D eigenvalue weighted by molar-refractivity contribution is -0.142. The number of hydrogen-bond donors (Lipinski definition) is 1. The highest BCUT2D eigenvalue weighted by atomic mass is 32.2. The molecule has 160 valence electrons. The van der Waals surface area contributed by atoms with E-state index in [1.54, 1.807) is 6.07 Å². The summed E-state index contributed by atoms with van der Waals surface area (Å²) in [6.45, 7) is 0. The van der Waals surface area contributed by atoms with E-state index >= 15 is 0 Å². The van der Waals surface area contributed by atoms with Crippen molar-refractivity contribution in [3.05, 3.63) is 60.3 Å². The number of primary sulfonamides is 1. The molecular weight excluding hydrogens is 447 g/mol. The number of rotatable bonds is 5. The van der Waals surface area contributed by atoms with Crippen molar-refractivity contribution in [2.45, 2.75) is 11.1 Å². The van der Waals surface area contributed by atoms with E-state index in [-0.39, 0.29) is 21.8 Å². The molecule has 0 saturated heterocycles. The summed E-state index contributed by atoms with van der Waals surface area (Å²) >= 11 is 0. The highest BCUT2D eigenvalue weighted by Crippen LogP contribution is 2.43. The van der Waals surface area contributed by atoms with Gasteiger partial charge in [-0.3, -0.25) is 0 Å². The van der Waals surface area contributed by atoms with E-state index in [1.165, 1.54) is 36.4 Å². The molecule has 8 nitrogen and oxygen atoms in total. The number of alkyl halides is 3. The van der Waals surface area contributed by atoms with Crippen molar-refractivity contribution in [2.75, 3.05) is 6.26 Å². The van der Waals surface area contributed by atoms with E-state index < -0.39 is 37.8 Å². The smallest absolute Gasteiger partial charge is 0.378 e. The summed E-state index contributed by atoms with van der Waals surface area (Å²) in [6, 6.07) is 12.1. The van der Waals surface area contributed by atoms with Crippen LogP contribution in [0.15, 0.2) is 59.5 Å². The Kier molecular flexibility index (Phi) is 5.39. The number of aromatic nitrogens is 2. The van der Waals surface area contributed by atoms with Crippen LogP contribution in [0.25, 0.3) is 16.9 Å². The Bertz CT molecular complexity index is 1280. The maximum Gasteiger partial charge on any atom is 0.438 e. The highest BCUT2D eigenvalue weighted by Gasteiger charge is 2.42. The number of benzene rings is 2. The summed E-state index contributed by atoms with van der Waals surface area (Å²) in [4.78, 5) is -0.261. The van der Waals surface area contributed by atoms with E-state index in [9.17, 15) is 30.0 Å². The van der Waals surface area contributed by atoms with Crippen molar-refractivity contribution >= 4 is 20.1 Å². The van der Waals surface area contributed by atoms with Gasteiger partial charge in [0.1, 0.15) is 5.69 Å². The Hall–Kier alpha value is -2.90. The summed E-state index contributed by atoms with van der Waals surface area (Å²) in [5.41, 5.74) is -1.62. The van der Waals surface area contributed by atoms with Crippen LogP contribution in [-0.2, 0) is 26.3 Å². The van der Waals surface area contributed by atoms with Crippen molar-refractivity contribution in [1.29, 1.82) is 0 Å². The van der Waals surface area contributed by atoms with Crippen LogP contribution in [0.3, 0.4) is 0 Å². The van der Waals surface area contributed by atoms with Crippen LogP contribution in [0.1, 0.15) is 5.69 Å². The van der Waals surface area contributed by atoms with Crippen LogP contribution in [0.2, 0.25) is 0 Å². The molecule has 30 heavy (non-hydrogen) atoms. The molecule has 2 N–H and O–H groups in total. The number of nitrogens with two attached hydrogens (primary N) is 1. The number of nitrogens with zero attached hydrogens (tertiary/aromatic N) is 2. The maximum absolute atomic E-state index is 13.6. The van der Waals surface area contributed by atoms with Crippen LogP contribution >= 0.6 is 0 Å². The summed E-state index contributed by atoms with van der Waals surface area (Å²) in [5.74, 6) is -0.994. The van der Waals surface area contributed by atoms with Crippen LogP contribution in [0.5, 0.6) is 5.75 Å². The van der Waals surface area contributed by atoms with Crippen molar-refractivity contribution in [1.82, 2.24) is 9.78 Å². The molecule has 0 aliphatic rings. The van der Waals surface area contributed by atoms with Gasteiger partial charge >= 0.3 is 16.3 Å². The van der Waals surface area contributed by atoms with Crippen molar-refractivity contribution in [3.63, 3.8) is 0 Å². The van der Waals surface area contributed by atoms with Crippen molar-refractivity contribution in [2.24, 2.45) is 5.14 Å². The van der Waals surface area contributed by atoms with Gasteiger partial charge in [0.25, 0.3) is 0 Å². The zero-order valence-corrected chi connectivity index (χ0v) is 16.8. The molecule has 13 heteroatoms. The standard InChI is InChI=1S/C17H14F3N3O5S2/c1-29(24,25)28-15-14(11-5-3-2-4-6-11)23(22-16(15)17(18,19)20)12-7-9-13(10-8-12)30(21,26)27/h2-10H,1H3,(H2,21,26,27). The van der Waals surface area contributed by atoms with E-state index in [2.05, 4.69) is 9.28 Å². The molecule has 2 aromatic carbocycles. The lowest BCUT2D eigenvalue weighted by Gasteiger charge is -2.11. The van der Waals surface area contributed by atoms with Crippen LogP contribution in [-0.4, -0.2) is 32.9 Å². The Balaban J connectivity index is 2.35. The van der Waals surface area contributed by atoms with Crippen LogP contribution in [0.4, 0.5) is 13.2 Å². The molecule has 0 fully saturated rings. The molecule has 0 aliphatic carbocycles. The fourth-order valence-corrected chi connectivity index (χ4v) is 3.61. The SMILES string of the molecule is CS(=O)(=O)Oc1c(C(F)(F)F)nn(-c2ccc(S(N)(=O)=O)cc2)c1-c1ccccc1. The molecule has 0 unspecified atom stereocenters. The molecule has 0 spiro atoms. The summed E-state index contributed by atoms with van der Waals surface area (Å²) in [5, 5.41) is 8.56. The summed E-state index contributed by atoms with van der Waals surface area (Å²) in [6.07, 6.45) is -4.42. The quantitative estimate of drug-likeness (QED) is 0.583. The minimum absolute atomic E-state index is 0.0232. The largest absolute Gasteiger partial charge is 0.438 e. The minimum atomic E-state index is -5.03. The van der Waals surface area contributed by atoms with E-state index in [1.807, 2.05) is 0 Å². The lowest BCUT2D eigenvalue weighted by atomic mass is 10.1. The summed E-state index contributed by atoms with van der Waals surface area (Å²) in [7, 11) is -8.36. The average Bonchev–Trinajstić information content (AvgIpc) is 2.99. The maximum atomic E-state index is 13.6. The molecule has 0 bridgehead atoms. The van der Waals surface area contributed by atoms with E-state index in [0.717, 1.165) is 16.8 Å². The van der Waals surface area contributed by atoms with Gasteiger partial charge in [0, 0.05) is 5.56 Å². The second-order valence-corrected chi connectivity index (χ2v) is 9.26. The van der Waals surface area contributed by atoms with Gasteiger partial charge in [0.2, 0.25) is 21.5 Å². The van der Waals surface area contributed by atoms with Gasteiger partial charge in [-0.2, -0.15) is 26.7 Å². The van der Waals surface area contributed by atoms with Gasteiger partial charge in [-0.15, -0.1) is 0 Å². The number of hydrogen-bond acceptors (Lipinski definition) is 6. The van der Waals surface area contributed by atoms with Gasteiger partial charge in [-0.05, 0) is 24.3 Å². The Morgan fingerprint density at radius 1 is 0.967 bits per heavy atom. The van der Waals surface area contributed by atoms with Crippen molar-refractivity contribution in [3.8, 4) is 22.7 Å². The van der Waals surface area contributed by atoms with E-state index in [0.29, 0.717) is 6.26 Å². The predicted molar refractivity (Wildman–Crippen MR) is 101 cm³/mol. The average molecular weight is 461 g/mol. The van der Waals surface area contributed by atoms with Gasteiger partial charge in [-0.1, -0.05) is 30.3 Å². The minimum Gasteiger partial charge on any atom is -0.378 e. The number of halogens is 3. The molecule has 3 aromatic rings. The monoisotopic (exact) mass is 461 g/mol. The second kappa shape index (κ2) is 7.41. The van der Waals surface area contributed by atoms with Gasteiger partial charge in [0.05, 0.1) is 16.8 Å². The normalized spacial score (nSPS) is 12.7. The molecular formula is C17H14F3N3O5S2. The molecule has 3 rings (SSSR count). The second-order valence-electron chi connectivity index (χ2n) is 6.13. The zero-order chi connectivity index (χ0) is 22.3. The molecule has 0 radical (unpaired) electrons. The third kappa shape index (κ3) is 4.63. The Labute approximate surface area is 169 Å². The lowest BCUT2D eigenvalue weighted by Crippen LogP contribution is -2.12. The molecule has 1 aromatic heterocycles. The van der Waals surface area contributed by atoms with Gasteiger partial charge in [-0.25, -0.2) is 18.2 Å². The van der Waals surface area contributed by atoms with E-state index in [4.69, 9.17) is 5.14 Å². The molecule has 0 saturated carbocycles. The summed E-state index contributed by atoms with van der Waals surface area (Å²) < 4.78 is 92.6. The fourth-order valence-electron chi connectivity index (χ4n) is 2.63. The Morgan fingerprint density at radius 3 is 2.00 bits per heavy atom. The first kappa shape index (κ1) is 21.8. The Morgan fingerprint density at radius 2 is 1.53 bits per heavy atom. The van der Waals surface area contributed by atoms with Crippen LogP contribution < -0.4 is 9.32 Å². The predicted octanol–water partition coefficient (Wildman–Crippen LogP) is 2.54. The first-order valence-corrected chi connectivity index (χ1v) is 11.4.